The second kappa shape index (κ2) is 4.30. The average molecular weight is 258 g/mol. The molecular weight excluding hydrogens is 245 g/mol. The molecule has 98 valence electrons. The van der Waals surface area contributed by atoms with Crippen LogP contribution in [0.15, 0.2) is 24.3 Å². The molecule has 1 aromatic carbocycles. The van der Waals surface area contributed by atoms with E-state index in [0.717, 1.165) is 6.07 Å². The third-order valence-electron chi connectivity index (χ3n) is 3.18. The van der Waals surface area contributed by atoms with Crippen molar-refractivity contribution in [2.75, 3.05) is 6.61 Å². The number of esters is 1. The van der Waals surface area contributed by atoms with Crippen molar-refractivity contribution in [1.82, 2.24) is 0 Å². The van der Waals surface area contributed by atoms with E-state index in [4.69, 9.17) is 4.74 Å². The van der Waals surface area contributed by atoms with Crippen LogP contribution in [-0.4, -0.2) is 18.5 Å². The summed E-state index contributed by atoms with van der Waals surface area (Å²) in [6, 6.07) is 5.50. The van der Waals surface area contributed by atoms with Gasteiger partial charge in [0.2, 0.25) is 0 Å². The van der Waals surface area contributed by atoms with Crippen LogP contribution in [-0.2, 0) is 14.9 Å². The molecule has 1 fully saturated rings. The molecule has 0 amide bonds. The van der Waals surface area contributed by atoms with E-state index in [0.29, 0.717) is 0 Å². The molecule has 1 aliphatic rings. The van der Waals surface area contributed by atoms with Crippen molar-refractivity contribution in [1.29, 1.82) is 0 Å². The molecule has 2 nitrogen and oxygen atoms in total. The quantitative estimate of drug-likeness (QED) is 0.779. The smallest absolute Gasteiger partial charge is 0.317 e. The average Bonchev–Trinajstić information content (AvgIpc) is 2.26. The zero-order valence-corrected chi connectivity index (χ0v) is 9.88. The van der Waals surface area contributed by atoms with Gasteiger partial charge in [0.1, 0.15) is 11.2 Å². The van der Waals surface area contributed by atoms with Gasteiger partial charge in [-0.3, -0.25) is 4.79 Å². The van der Waals surface area contributed by atoms with Gasteiger partial charge < -0.3 is 4.74 Å². The Balaban J connectivity index is 2.39. The lowest BCUT2D eigenvalue weighted by Gasteiger charge is -2.45. The first-order chi connectivity index (χ1) is 8.41. The van der Waals surface area contributed by atoms with Gasteiger partial charge in [-0.05, 0) is 13.0 Å². The molecule has 1 aliphatic carbocycles. The first-order valence-corrected chi connectivity index (χ1v) is 5.71. The molecule has 0 aromatic heterocycles. The van der Waals surface area contributed by atoms with E-state index < -0.39 is 36.0 Å². The summed E-state index contributed by atoms with van der Waals surface area (Å²) in [5, 5.41) is 0. The molecule has 0 aliphatic heterocycles. The van der Waals surface area contributed by atoms with Gasteiger partial charge in [0, 0.05) is 18.4 Å². The number of carbonyl (C=O) groups is 1. The van der Waals surface area contributed by atoms with Gasteiger partial charge in [-0.15, -0.1) is 0 Å². The number of hydrogen-bond acceptors (Lipinski definition) is 2. The number of ether oxygens (including phenoxy) is 1. The number of benzene rings is 1. The summed E-state index contributed by atoms with van der Waals surface area (Å²) in [6.07, 6.45) is -1.39. The molecule has 0 radical (unpaired) electrons. The monoisotopic (exact) mass is 258 g/mol. The van der Waals surface area contributed by atoms with Crippen molar-refractivity contribution in [3.05, 3.63) is 35.6 Å². The molecule has 0 atom stereocenters. The van der Waals surface area contributed by atoms with Crippen LogP contribution in [0, 0.1) is 5.82 Å². The summed E-state index contributed by atoms with van der Waals surface area (Å²) in [5.74, 6) is -4.36. The van der Waals surface area contributed by atoms with E-state index in [2.05, 4.69) is 0 Å². The maximum atomic E-state index is 13.7. The Hall–Kier alpha value is -1.52. The lowest BCUT2D eigenvalue weighted by Crippen LogP contribution is -2.55. The van der Waals surface area contributed by atoms with Crippen LogP contribution in [0.4, 0.5) is 13.2 Å². The maximum Gasteiger partial charge on any atom is 0.317 e. The number of carbonyl (C=O) groups excluding carboxylic acids is 1. The van der Waals surface area contributed by atoms with E-state index in [-0.39, 0.29) is 12.2 Å². The van der Waals surface area contributed by atoms with E-state index in [1.807, 2.05) is 0 Å². The van der Waals surface area contributed by atoms with Crippen LogP contribution < -0.4 is 0 Å². The van der Waals surface area contributed by atoms with Crippen molar-refractivity contribution < 1.29 is 22.7 Å². The number of rotatable bonds is 3. The van der Waals surface area contributed by atoms with Gasteiger partial charge in [0.05, 0.1) is 6.61 Å². The summed E-state index contributed by atoms with van der Waals surface area (Å²) in [7, 11) is 0. The SMILES string of the molecule is CCOC(=O)C1(c2ccccc2F)CC(F)(F)C1. The van der Waals surface area contributed by atoms with Gasteiger partial charge in [-0.1, -0.05) is 18.2 Å². The fourth-order valence-corrected chi connectivity index (χ4v) is 2.39. The highest BCUT2D eigenvalue weighted by Gasteiger charge is 2.63. The highest BCUT2D eigenvalue weighted by atomic mass is 19.3. The second-order valence-electron chi connectivity index (χ2n) is 4.49. The van der Waals surface area contributed by atoms with E-state index in [1.165, 1.54) is 18.2 Å². The minimum atomic E-state index is -2.94. The van der Waals surface area contributed by atoms with Crippen LogP contribution in [0.5, 0.6) is 0 Å². The number of alkyl halides is 2. The van der Waals surface area contributed by atoms with Crippen LogP contribution >= 0.6 is 0 Å². The molecular formula is C13H13F3O2. The Kier molecular flexibility index (Phi) is 3.09. The zero-order chi connectivity index (χ0) is 13.4. The van der Waals surface area contributed by atoms with Crippen LogP contribution in [0.3, 0.4) is 0 Å². The molecule has 0 N–H and O–H groups in total. The third kappa shape index (κ3) is 1.98. The predicted molar refractivity (Wildman–Crippen MR) is 58.9 cm³/mol. The summed E-state index contributed by atoms with van der Waals surface area (Å²) in [4.78, 5) is 11.9. The Labute approximate surface area is 103 Å². The second-order valence-corrected chi connectivity index (χ2v) is 4.49. The van der Waals surface area contributed by atoms with Gasteiger partial charge >= 0.3 is 5.97 Å². The number of halogens is 3. The van der Waals surface area contributed by atoms with Crippen LogP contribution in [0.1, 0.15) is 25.3 Å². The largest absolute Gasteiger partial charge is 0.465 e. The fraction of sp³-hybridized carbons (Fsp3) is 0.462. The highest BCUT2D eigenvalue weighted by molar-refractivity contribution is 5.85. The molecule has 1 saturated carbocycles. The lowest BCUT2D eigenvalue weighted by atomic mass is 9.62. The van der Waals surface area contributed by atoms with Gasteiger partial charge in [-0.25, -0.2) is 13.2 Å². The molecule has 1 aromatic rings. The summed E-state index contributed by atoms with van der Waals surface area (Å²) in [6.45, 7) is 1.67. The van der Waals surface area contributed by atoms with Crippen LogP contribution in [0.25, 0.3) is 0 Å². The predicted octanol–water partition coefficient (Wildman–Crippen LogP) is 3.06. The van der Waals surface area contributed by atoms with Gasteiger partial charge in [-0.2, -0.15) is 0 Å². The van der Waals surface area contributed by atoms with E-state index >= 15 is 0 Å². The van der Waals surface area contributed by atoms with E-state index in [9.17, 15) is 18.0 Å². The topological polar surface area (TPSA) is 26.3 Å². The van der Waals surface area contributed by atoms with Crippen molar-refractivity contribution >= 4 is 5.97 Å². The molecule has 2 rings (SSSR count). The Bertz CT molecular complexity index is 463. The molecule has 0 unspecified atom stereocenters. The summed E-state index contributed by atoms with van der Waals surface area (Å²) in [5.41, 5.74) is -1.54. The molecule has 5 heteroatoms. The Morgan fingerprint density at radius 3 is 2.44 bits per heavy atom. The standard InChI is InChI=1S/C13H13F3O2/c1-2-18-11(17)12(7-13(15,16)8-12)9-5-3-4-6-10(9)14/h3-6H,2,7-8H2,1H3. The first kappa shape index (κ1) is 12.9. The summed E-state index contributed by atoms with van der Waals surface area (Å²) >= 11 is 0. The van der Waals surface area contributed by atoms with Crippen molar-refractivity contribution in [3.8, 4) is 0 Å². The van der Waals surface area contributed by atoms with Crippen molar-refractivity contribution in [3.63, 3.8) is 0 Å². The number of hydrogen-bond donors (Lipinski definition) is 0. The van der Waals surface area contributed by atoms with Crippen molar-refractivity contribution in [2.45, 2.75) is 31.1 Å². The van der Waals surface area contributed by atoms with Gasteiger partial charge in [0.15, 0.2) is 0 Å². The lowest BCUT2D eigenvalue weighted by molar-refractivity contribution is -0.179. The third-order valence-corrected chi connectivity index (χ3v) is 3.18. The normalized spacial score (nSPS) is 20.0. The zero-order valence-electron chi connectivity index (χ0n) is 9.88. The molecule has 0 bridgehead atoms. The molecule has 0 saturated heterocycles. The fourth-order valence-electron chi connectivity index (χ4n) is 2.39. The summed E-state index contributed by atoms with van der Waals surface area (Å²) < 4.78 is 44.8. The first-order valence-electron chi connectivity index (χ1n) is 5.71. The molecule has 18 heavy (non-hydrogen) atoms. The molecule has 0 spiro atoms. The molecule has 0 heterocycles. The Morgan fingerprint density at radius 1 is 1.33 bits per heavy atom. The minimum Gasteiger partial charge on any atom is -0.465 e. The maximum absolute atomic E-state index is 13.7. The Morgan fingerprint density at radius 2 is 1.94 bits per heavy atom. The minimum absolute atomic E-state index is 0.00521. The van der Waals surface area contributed by atoms with Crippen molar-refractivity contribution in [2.24, 2.45) is 0 Å². The van der Waals surface area contributed by atoms with Gasteiger partial charge in [0.25, 0.3) is 5.92 Å². The van der Waals surface area contributed by atoms with E-state index in [1.54, 1.807) is 6.92 Å². The highest BCUT2D eigenvalue weighted by Crippen LogP contribution is 2.54. The van der Waals surface area contributed by atoms with Crippen LogP contribution in [0.2, 0.25) is 0 Å².